The van der Waals surface area contributed by atoms with E-state index in [1.807, 2.05) is 31.2 Å². The molecule has 0 aliphatic carbocycles. The summed E-state index contributed by atoms with van der Waals surface area (Å²) in [6.07, 6.45) is 1.53. The maximum atomic E-state index is 9.52. The first-order valence-electron chi connectivity index (χ1n) is 6.85. The molecule has 0 bridgehead atoms. The van der Waals surface area contributed by atoms with Gasteiger partial charge in [0.05, 0.1) is 6.21 Å². The van der Waals surface area contributed by atoms with Crippen LogP contribution in [0.5, 0.6) is 11.5 Å². The van der Waals surface area contributed by atoms with E-state index in [-0.39, 0.29) is 11.5 Å². The molecule has 0 radical (unpaired) electrons. The van der Waals surface area contributed by atoms with Crippen molar-refractivity contribution in [2.45, 2.75) is 6.92 Å². The lowest BCUT2D eigenvalue weighted by Crippen LogP contribution is -1.95. The zero-order valence-corrected chi connectivity index (χ0v) is 13.1. The summed E-state index contributed by atoms with van der Waals surface area (Å²) in [5, 5.41) is 30.1. The van der Waals surface area contributed by atoms with E-state index in [1.54, 1.807) is 6.07 Å². The van der Waals surface area contributed by atoms with Crippen molar-refractivity contribution in [1.82, 2.24) is 14.9 Å². The molecule has 0 unspecified atom stereocenters. The van der Waals surface area contributed by atoms with Gasteiger partial charge in [-0.3, -0.25) is 0 Å². The fourth-order valence-corrected chi connectivity index (χ4v) is 2.29. The monoisotopic (exact) mass is 326 g/mol. The number of nitrogens with zero attached hydrogens (tertiary/aromatic N) is 3. The molecule has 0 saturated carbocycles. The molecule has 6 nitrogen and oxygen atoms in total. The summed E-state index contributed by atoms with van der Waals surface area (Å²) in [6, 6.07) is 12.3. The fourth-order valence-electron chi connectivity index (χ4n) is 2.11. The third-order valence-corrected chi connectivity index (χ3v) is 3.51. The van der Waals surface area contributed by atoms with E-state index in [4.69, 9.17) is 12.2 Å². The first-order chi connectivity index (χ1) is 11.0. The number of hydrogen-bond acceptors (Lipinski definition) is 5. The van der Waals surface area contributed by atoms with Crippen molar-refractivity contribution in [3.63, 3.8) is 0 Å². The second-order valence-electron chi connectivity index (χ2n) is 5.03. The first-order valence-corrected chi connectivity index (χ1v) is 7.26. The highest BCUT2D eigenvalue weighted by Gasteiger charge is 2.08. The van der Waals surface area contributed by atoms with Crippen molar-refractivity contribution in [3.05, 3.63) is 58.4 Å². The van der Waals surface area contributed by atoms with Crippen molar-refractivity contribution in [1.29, 1.82) is 0 Å². The Labute approximate surface area is 137 Å². The molecule has 0 aliphatic rings. The summed E-state index contributed by atoms with van der Waals surface area (Å²) < 4.78 is 1.87. The lowest BCUT2D eigenvalue weighted by molar-refractivity contribution is 0.403. The van der Waals surface area contributed by atoms with Gasteiger partial charge in [0.15, 0.2) is 17.3 Å². The number of aromatic amines is 1. The Hall–Kier alpha value is -2.93. The smallest absolute Gasteiger partial charge is 0.216 e. The first kappa shape index (κ1) is 15.0. The third-order valence-electron chi connectivity index (χ3n) is 3.25. The molecule has 3 rings (SSSR count). The van der Waals surface area contributed by atoms with Crippen LogP contribution in [0.1, 0.15) is 11.1 Å². The highest BCUT2D eigenvalue weighted by atomic mass is 32.1. The van der Waals surface area contributed by atoms with Crippen LogP contribution in [0.15, 0.2) is 47.6 Å². The van der Waals surface area contributed by atoms with Gasteiger partial charge in [-0.05, 0) is 49.0 Å². The molecule has 23 heavy (non-hydrogen) atoms. The van der Waals surface area contributed by atoms with Crippen LogP contribution >= 0.6 is 12.2 Å². The Morgan fingerprint density at radius 3 is 2.74 bits per heavy atom. The highest BCUT2D eigenvalue weighted by Crippen LogP contribution is 2.24. The molecule has 0 atom stereocenters. The van der Waals surface area contributed by atoms with Crippen LogP contribution < -0.4 is 0 Å². The molecule has 0 spiro atoms. The summed E-state index contributed by atoms with van der Waals surface area (Å²) in [4.78, 5) is 0. The number of aryl methyl sites for hydroxylation is 1. The van der Waals surface area contributed by atoms with Crippen LogP contribution in [0.2, 0.25) is 0 Å². The van der Waals surface area contributed by atoms with Crippen LogP contribution in [0.4, 0.5) is 0 Å². The molecule has 3 aromatic rings. The Kier molecular flexibility index (Phi) is 3.94. The van der Waals surface area contributed by atoms with Gasteiger partial charge in [-0.2, -0.15) is 14.9 Å². The number of H-pyrrole nitrogens is 1. The number of phenolic OH excluding ortho intramolecular Hbond substituents is 2. The third kappa shape index (κ3) is 3.14. The van der Waals surface area contributed by atoms with Crippen molar-refractivity contribution < 1.29 is 10.2 Å². The maximum Gasteiger partial charge on any atom is 0.216 e. The summed E-state index contributed by atoms with van der Waals surface area (Å²) in [5.74, 6) is 0.212. The molecular weight excluding hydrogens is 312 g/mol. The van der Waals surface area contributed by atoms with E-state index in [9.17, 15) is 10.2 Å². The van der Waals surface area contributed by atoms with Crippen LogP contribution in [-0.4, -0.2) is 31.3 Å². The van der Waals surface area contributed by atoms with E-state index < -0.39 is 0 Å². The van der Waals surface area contributed by atoms with Crippen molar-refractivity contribution in [2.24, 2.45) is 5.10 Å². The van der Waals surface area contributed by atoms with Gasteiger partial charge in [0.2, 0.25) is 4.77 Å². The Morgan fingerprint density at radius 1 is 1.17 bits per heavy atom. The zero-order chi connectivity index (χ0) is 16.4. The molecule has 0 fully saturated rings. The molecule has 0 saturated heterocycles. The Morgan fingerprint density at radius 2 is 2.00 bits per heavy atom. The van der Waals surface area contributed by atoms with Crippen LogP contribution in [0, 0.1) is 11.7 Å². The molecule has 0 amide bonds. The minimum absolute atomic E-state index is 0.178. The average Bonchev–Trinajstić information content (AvgIpc) is 2.89. The zero-order valence-electron chi connectivity index (χ0n) is 12.3. The quantitative estimate of drug-likeness (QED) is 0.392. The molecule has 0 aliphatic heterocycles. The second-order valence-corrected chi connectivity index (χ2v) is 5.41. The van der Waals surface area contributed by atoms with Crippen LogP contribution in [-0.2, 0) is 0 Å². The summed E-state index contributed by atoms with van der Waals surface area (Å²) >= 11 is 5.21. The van der Waals surface area contributed by atoms with Crippen molar-refractivity contribution in [2.75, 3.05) is 0 Å². The number of nitrogens with one attached hydrogen (secondary N) is 1. The van der Waals surface area contributed by atoms with E-state index >= 15 is 0 Å². The number of aromatic hydroxyl groups is 2. The lowest BCUT2D eigenvalue weighted by atomic mass is 10.1. The number of hydrogen-bond donors (Lipinski definition) is 3. The van der Waals surface area contributed by atoms with E-state index in [2.05, 4.69) is 15.3 Å². The van der Waals surface area contributed by atoms with Gasteiger partial charge in [0, 0.05) is 5.56 Å². The predicted octanol–water partition coefficient (Wildman–Crippen LogP) is 3.21. The van der Waals surface area contributed by atoms with E-state index in [0.29, 0.717) is 16.2 Å². The van der Waals surface area contributed by atoms with Gasteiger partial charge in [0.25, 0.3) is 0 Å². The molecule has 2 aromatic carbocycles. The average molecular weight is 326 g/mol. The van der Waals surface area contributed by atoms with E-state index in [0.717, 1.165) is 11.1 Å². The van der Waals surface area contributed by atoms with Gasteiger partial charge in [0.1, 0.15) is 0 Å². The maximum absolute atomic E-state index is 9.52. The summed E-state index contributed by atoms with van der Waals surface area (Å²) in [7, 11) is 0. The van der Waals surface area contributed by atoms with E-state index in [1.165, 1.54) is 23.0 Å². The lowest BCUT2D eigenvalue weighted by Gasteiger charge is -2.02. The van der Waals surface area contributed by atoms with Crippen LogP contribution in [0.25, 0.3) is 11.4 Å². The normalized spacial score (nSPS) is 11.2. The van der Waals surface area contributed by atoms with Gasteiger partial charge in [-0.15, -0.1) is 0 Å². The number of aromatic nitrogens is 3. The second kappa shape index (κ2) is 6.05. The Balaban J connectivity index is 2.00. The molecular formula is C16H14N4O2S. The Bertz CT molecular complexity index is 943. The summed E-state index contributed by atoms with van der Waals surface area (Å²) in [6.45, 7) is 2.00. The molecule has 1 aromatic heterocycles. The number of benzene rings is 2. The minimum atomic E-state index is -0.205. The molecule has 3 N–H and O–H groups in total. The van der Waals surface area contributed by atoms with Crippen molar-refractivity contribution >= 4 is 18.4 Å². The minimum Gasteiger partial charge on any atom is -0.504 e. The fraction of sp³-hybridized carbons (Fsp3) is 0.0625. The predicted molar refractivity (Wildman–Crippen MR) is 90.3 cm³/mol. The van der Waals surface area contributed by atoms with Gasteiger partial charge < -0.3 is 10.2 Å². The highest BCUT2D eigenvalue weighted by molar-refractivity contribution is 7.71. The standard InChI is InChI=1S/C16H14N4O2S/c1-10-3-2-4-12(7-10)15-18-19-16(23)20(15)17-9-11-5-6-13(21)14(22)8-11/h2-9,21-22H,1H3,(H,19,23). The number of phenols is 2. The van der Waals surface area contributed by atoms with Crippen LogP contribution in [0.3, 0.4) is 0 Å². The number of rotatable bonds is 3. The van der Waals surface area contributed by atoms with Gasteiger partial charge in [-0.1, -0.05) is 23.8 Å². The van der Waals surface area contributed by atoms with Gasteiger partial charge >= 0.3 is 0 Å². The molecule has 1 heterocycles. The van der Waals surface area contributed by atoms with Gasteiger partial charge in [-0.25, -0.2) is 5.10 Å². The molecule has 116 valence electrons. The largest absolute Gasteiger partial charge is 0.504 e. The van der Waals surface area contributed by atoms with Crippen molar-refractivity contribution in [3.8, 4) is 22.9 Å². The topological polar surface area (TPSA) is 86.4 Å². The summed E-state index contributed by atoms with van der Waals surface area (Å²) in [5.41, 5.74) is 2.62. The molecule has 7 heteroatoms. The SMILES string of the molecule is Cc1cccc(-c2n[nH]c(=S)n2N=Cc2ccc(O)c(O)c2)c1.